The standard InChI is InChI=1S/C18H17Cl2N5O2/c1-10-3-6-15(11(2)7-10)22-18(16-17(21)24-27-23-16)25-26-9-12-4-5-13(19)8-14(12)20/h3-8H,9H2,1-2H3,(H2,21,24)(H,22,25)/p+1. The third-order valence-electron chi connectivity index (χ3n) is 3.81. The molecule has 1 heterocycles. The van der Waals surface area contributed by atoms with Gasteiger partial charge in [0.1, 0.15) is 12.3 Å². The minimum Gasteiger partial charge on any atom is -0.379 e. The molecule has 140 valence electrons. The summed E-state index contributed by atoms with van der Waals surface area (Å²) < 4.78 is 4.69. The van der Waals surface area contributed by atoms with Crippen molar-refractivity contribution >= 4 is 40.5 Å². The molecule has 0 bridgehead atoms. The molecule has 0 fully saturated rings. The van der Waals surface area contributed by atoms with Crippen LogP contribution in [-0.4, -0.2) is 16.1 Å². The molecule has 7 nitrogen and oxygen atoms in total. The van der Waals surface area contributed by atoms with E-state index >= 15 is 0 Å². The molecule has 3 rings (SSSR count). The Morgan fingerprint density at radius 1 is 1.19 bits per heavy atom. The number of nitrogens with two attached hydrogens (primary N) is 1. The maximum absolute atomic E-state index is 6.16. The van der Waals surface area contributed by atoms with Crippen LogP contribution in [0.25, 0.3) is 0 Å². The fourth-order valence-corrected chi connectivity index (χ4v) is 2.88. The van der Waals surface area contributed by atoms with E-state index in [1.54, 1.807) is 18.2 Å². The Morgan fingerprint density at radius 2 is 2.00 bits per heavy atom. The highest BCUT2D eigenvalue weighted by Gasteiger charge is 2.22. The van der Waals surface area contributed by atoms with E-state index in [4.69, 9.17) is 38.4 Å². The van der Waals surface area contributed by atoms with Crippen molar-refractivity contribution in [3.63, 3.8) is 0 Å². The lowest BCUT2D eigenvalue weighted by Crippen LogP contribution is -2.71. The first-order valence-corrected chi connectivity index (χ1v) is 8.81. The predicted octanol–water partition coefficient (Wildman–Crippen LogP) is 2.46. The number of nitrogen functional groups attached to an aromatic ring is 1. The van der Waals surface area contributed by atoms with Crippen LogP contribution in [0.5, 0.6) is 0 Å². The van der Waals surface area contributed by atoms with Gasteiger partial charge in [-0.25, -0.2) is 9.62 Å². The lowest BCUT2D eigenvalue weighted by molar-refractivity contribution is -0.360. The van der Waals surface area contributed by atoms with E-state index in [9.17, 15) is 0 Å². The molecule has 0 saturated carbocycles. The van der Waals surface area contributed by atoms with Crippen molar-refractivity contribution in [3.05, 3.63) is 68.8 Å². The van der Waals surface area contributed by atoms with Crippen molar-refractivity contribution in [1.82, 2.24) is 15.8 Å². The number of aromatic nitrogens is 2. The summed E-state index contributed by atoms with van der Waals surface area (Å²) in [4.78, 5) is 8.79. The molecule has 4 N–H and O–H groups in total. The Bertz CT molecular complexity index is 988. The number of benzene rings is 2. The van der Waals surface area contributed by atoms with Crippen LogP contribution < -0.4 is 16.2 Å². The fraction of sp³-hybridized carbons (Fsp3) is 0.167. The third kappa shape index (κ3) is 4.77. The van der Waals surface area contributed by atoms with E-state index in [1.165, 1.54) is 0 Å². The normalized spacial score (nSPS) is 11.6. The number of rotatable bonds is 5. The molecule has 0 unspecified atom stereocenters. The summed E-state index contributed by atoms with van der Waals surface area (Å²) in [5, 5.41) is 8.49. The molecule has 1 aromatic heterocycles. The van der Waals surface area contributed by atoms with Gasteiger partial charge >= 0.3 is 5.84 Å². The molecule has 0 aliphatic carbocycles. The molecule has 9 heteroatoms. The Labute approximate surface area is 166 Å². The second kappa shape index (κ2) is 8.39. The molecule has 0 radical (unpaired) electrons. The second-order valence-corrected chi connectivity index (χ2v) is 6.79. The number of hydrogen-bond donors (Lipinski definition) is 3. The van der Waals surface area contributed by atoms with E-state index < -0.39 is 0 Å². The summed E-state index contributed by atoms with van der Waals surface area (Å²) in [6.07, 6.45) is 0. The van der Waals surface area contributed by atoms with E-state index in [-0.39, 0.29) is 12.4 Å². The van der Waals surface area contributed by atoms with Gasteiger partial charge in [0.15, 0.2) is 0 Å². The second-order valence-electron chi connectivity index (χ2n) is 5.94. The molecular formula is C18H18Cl2N5O2+. The van der Waals surface area contributed by atoms with E-state index in [0.717, 1.165) is 22.4 Å². The van der Waals surface area contributed by atoms with Crippen LogP contribution in [0.4, 0.5) is 11.5 Å². The fourth-order valence-electron chi connectivity index (χ4n) is 2.42. The Hall–Kier alpha value is -2.61. The number of hydrogen-bond acceptors (Lipinski definition) is 5. The number of hydroxylamine groups is 1. The van der Waals surface area contributed by atoms with Gasteiger partial charge in [-0.1, -0.05) is 47.0 Å². The van der Waals surface area contributed by atoms with Crippen molar-refractivity contribution in [2.75, 3.05) is 5.73 Å². The smallest absolute Gasteiger partial charge is 0.336 e. The number of nitrogens with one attached hydrogen (secondary N) is 2. The van der Waals surface area contributed by atoms with Gasteiger partial charge in [-0.15, -0.1) is 5.48 Å². The van der Waals surface area contributed by atoms with E-state index in [1.807, 2.05) is 26.0 Å². The minimum atomic E-state index is 0.128. The van der Waals surface area contributed by atoms with E-state index in [2.05, 4.69) is 26.9 Å². The maximum atomic E-state index is 6.16. The summed E-state index contributed by atoms with van der Waals surface area (Å²) in [7, 11) is 0. The predicted molar refractivity (Wildman–Crippen MR) is 104 cm³/mol. The molecule has 0 aliphatic heterocycles. The number of halogens is 2. The Balaban J connectivity index is 1.82. The maximum Gasteiger partial charge on any atom is 0.336 e. The summed E-state index contributed by atoms with van der Waals surface area (Å²) in [5.74, 6) is 0.522. The lowest BCUT2D eigenvalue weighted by Gasteiger charge is -2.05. The molecule has 0 saturated heterocycles. The first-order chi connectivity index (χ1) is 12.9. The van der Waals surface area contributed by atoms with Gasteiger partial charge in [-0.3, -0.25) is 0 Å². The van der Waals surface area contributed by atoms with Gasteiger partial charge in [0.25, 0.3) is 0 Å². The molecule has 27 heavy (non-hydrogen) atoms. The first-order valence-electron chi connectivity index (χ1n) is 8.05. The lowest BCUT2D eigenvalue weighted by atomic mass is 10.1. The van der Waals surface area contributed by atoms with Crippen molar-refractivity contribution in [3.8, 4) is 0 Å². The van der Waals surface area contributed by atoms with Crippen LogP contribution in [0.1, 0.15) is 22.4 Å². The van der Waals surface area contributed by atoms with Crippen LogP contribution in [0.3, 0.4) is 0 Å². The average Bonchev–Trinajstić information content (AvgIpc) is 3.04. The summed E-state index contributed by atoms with van der Waals surface area (Å²) >= 11 is 12.1. The van der Waals surface area contributed by atoms with Gasteiger partial charge < -0.3 is 5.73 Å². The number of amidine groups is 1. The van der Waals surface area contributed by atoms with Crippen LogP contribution in [0, 0.1) is 13.8 Å². The van der Waals surface area contributed by atoms with Crippen LogP contribution in [-0.2, 0) is 11.4 Å². The van der Waals surface area contributed by atoms with Gasteiger partial charge in [0, 0.05) is 15.6 Å². The first kappa shape index (κ1) is 19.2. The zero-order valence-corrected chi connectivity index (χ0v) is 16.2. The van der Waals surface area contributed by atoms with Gasteiger partial charge in [0.2, 0.25) is 11.5 Å². The summed E-state index contributed by atoms with van der Waals surface area (Å²) in [6, 6.07) is 11.2. The highest BCUT2D eigenvalue weighted by molar-refractivity contribution is 6.35. The van der Waals surface area contributed by atoms with Crippen LogP contribution >= 0.6 is 23.2 Å². The van der Waals surface area contributed by atoms with Gasteiger partial charge in [-0.05, 0) is 47.9 Å². The summed E-state index contributed by atoms with van der Waals surface area (Å²) in [5.41, 5.74) is 12.8. The van der Waals surface area contributed by atoms with Gasteiger partial charge in [0.05, 0.1) is 0 Å². The van der Waals surface area contributed by atoms with Crippen molar-refractivity contribution in [2.45, 2.75) is 20.5 Å². The van der Waals surface area contributed by atoms with Gasteiger partial charge in [-0.2, -0.15) is 4.84 Å². The minimum absolute atomic E-state index is 0.128. The SMILES string of the molecule is Cc1ccc([NH+]=C(NOCc2ccc(Cl)cc2Cl)c2nonc2N)c(C)c1. The zero-order chi connectivity index (χ0) is 19.4. The third-order valence-corrected chi connectivity index (χ3v) is 4.40. The zero-order valence-electron chi connectivity index (χ0n) is 14.7. The number of nitrogens with zero attached hydrogens (tertiary/aromatic N) is 2. The Morgan fingerprint density at radius 3 is 2.67 bits per heavy atom. The summed E-state index contributed by atoms with van der Waals surface area (Å²) in [6.45, 7) is 4.21. The number of anilines is 1. The highest BCUT2D eigenvalue weighted by Crippen LogP contribution is 2.21. The monoisotopic (exact) mass is 406 g/mol. The Kier molecular flexibility index (Phi) is 5.95. The van der Waals surface area contributed by atoms with E-state index in [0.29, 0.717) is 21.6 Å². The van der Waals surface area contributed by atoms with Crippen molar-refractivity contribution in [1.29, 1.82) is 0 Å². The quantitative estimate of drug-likeness (QED) is 0.341. The van der Waals surface area contributed by atoms with Crippen LogP contribution in [0.2, 0.25) is 10.0 Å². The molecule has 0 spiro atoms. The topological polar surface area (TPSA) is 100 Å². The molecule has 0 amide bonds. The molecular weight excluding hydrogens is 389 g/mol. The largest absolute Gasteiger partial charge is 0.379 e. The number of aryl methyl sites for hydroxylation is 2. The molecule has 2 aromatic carbocycles. The average molecular weight is 407 g/mol. The highest BCUT2D eigenvalue weighted by atomic mass is 35.5. The molecule has 0 atom stereocenters. The molecule has 3 aromatic rings. The van der Waals surface area contributed by atoms with Crippen molar-refractivity contribution < 1.29 is 14.5 Å². The van der Waals surface area contributed by atoms with Crippen LogP contribution in [0.15, 0.2) is 41.0 Å². The van der Waals surface area contributed by atoms with Crippen molar-refractivity contribution in [2.24, 2.45) is 0 Å². The molecule has 0 aliphatic rings.